The van der Waals surface area contributed by atoms with E-state index in [1.165, 1.54) is 5.57 Å². The highest BCUT2D eigenvalue weighted by Gasteiger charge is 2.69. The number of fused-ring (bicyclic) bond motifs is 2. The minimum absolute atomic E-state index is 0.0352. The number of phenolic OH excluding ortho intramolecular Hbond substituents is 1. The molecule has 5 nitrogen and oxygen atoms in total. The number of aryl methyl sites for hydroxylation is 1. The molecule has 4 atom stereocenters. The average Bonchev–Trinajstić information content (AvgIpc) is 3.13. The zero-order valence-electron chi connectivity index (χ0n) is 21.2. The Hall–Kier alpha value is -1.98. The van der Waals surface area contributed by atoms with Gasteiger partial charge in [0.25, 0.3) is 0 Å². The summed E-state index contributed by atoms with van der Waals surface area (Å²) in [5.41, 5.74) is 2.22. The Bertz CT molecular complexity index is 992. The van der Waals surface area contributed by atoms with Crippen molar-refractivity contribution in [3.63, 3.8) is 0 Å². The van der Waals surface area contributed by atoms with Crippen LogP contribution < -0.4 is 4.74 Å². The minimum Gasteiger partial charge on any atom is -0.508 e. The Labute approximate surface area is 198 Å². The molecule has 4 unspecified atom stereocenters. The summed E-state index contributed by atoms with van der Waals surface area (Å²) in [5.74, 6) is 1.18. The summed E-state index contributed by atoms with van der Waals surface area (Å²) in [7, 11) is 1.66. The van der Waals surface area contributed by atoms with E-state index in [9.17, 15) is 10.2 Å². The van der Waals surface area contributed by atoms with E-state index in [0.717, 1.165) is 41.9 Å². The van der Waals surface area contributed by atoms with E-state index >= 15 is 0 Å². The molecule has 2 heterocycles. The van der Waals surface area contributed by atoms with Crippen molar-refractivity contribution in [1.82, 2.24) is 0 Å². The summed E-state index contributed by atoms with van der Waals surface area (Å²) in [5, 5.41) is 20.8. The zero-order valence-corrected chi connectivity index (χ0v) is 21.2. The number of allylic oxidation sites excluding steroid dienone is 3. The van der Waals surface area contributed by atoms with Crippen LogP contribution in [0.3, 0.4) is 0 Å². The molecule has 1 aromatic carbocycles. The van der Waals surface area contributed by atoms with E-state index in [1.807, 2.05) is 20.8 Å². The zero-order chi connectivity index (χ0) is 24.2. The van der Waals surface area contributed by atoms with Crippen LogP contribution in [0.4, 0.5) is 0 Å². The Balaban J connectivity index is 1.60. The molecule has 1 saturated heterocycles. The van der Waals surface area contributed by atoms with Crippen LogP contribution in [0.15, 0.2) is 35.6 Å². The van der Waals surface area contributed by atoms with Gasteiger partial charge < -0.3 is 24.4 Å². The second kappa shape index (κ2) is 8.06. The summed E-state index contributed by atoms with van der Waals surface area (Å²) in [6.07, 6.45) is 9.04. The molecule has 1 saturated carbocycles. The van der Waals surface area contributed by atoms with Gasteiger partial charge in [-0.3, -0.25) is 0 Å². The van der Waals surface area contributed by atoms with Gasteiger partial charge in [0.2, 0.25) is 5.79 Å². The normalized spacial score (nSPS) is 35.3. The standard InChI is InChI=1S/C28H40O5/c1-18(9-10-20-15-21(29)14-19(2)24(20)31-7)13-22-16-26(5)11-8-12-27(26,6)28(32-22)17-23(30)25(3,4)33-28/h9,14-16,23,29-30H,8,10-13,17H2,1-7H3. The average molecular weight is 457 g/mol. The van der Waals surface area contributed by atoms with Crippen molar-refractivity contribution < 1.29 is 24.4 Å². The summed E-state index contributed by atoms with van der Waals surface area (Å²) in [4.78, 5) is 0. The van der Waals surface area contributed by atoms with Crippen molar-refractivity contribution in [1.29, 1.82) is 0 Å². The Morgan fingerprint density at radius 3 is 2.58 bits per heavy atom. The second-order valence-electron chi connectivity index (χ2n) is 11.4. The third-order valence-corrected chi connectivity index (χ3v) is 8.61. The highest BCUT2D eigenvalue weighted by Crippen LogP contribution is 2.67. The maximum Gasteiger partial charge on any atom is 0.219 e. The molecule has 3 aliphatic rings. The lowest BCUT2D eigenvalue weighted by Crippen LogP contribution is -2.57. The van der Waals surface area contributed by atoms with Gasteiger partial charge in [-0.2, -0.15) is 0 Å². The third-order valence-electron chi connectivity index (χ3n) is 8.61. The molecule has 1 aliphatic carbocycles. The molecule has 0 bridgehead atoms. The first kappa shape index (κ1) is 24.2. The van der Waals surface area contributed by atoms with Gasteiger partial charge >= 0.3 is 0 Å². The maximum atomic E-state index is 10.8. The molecule has 1 aromatic rings. The first-order chi connectivity index (χ1) is 15.3. The highest BCUT2D eigenvalue weighted by atomic mass is 16.7. The number of hydrogen-bond donors (Lipinski definition) is 2. The summed E-state index contributed by atoms with van der Waals surface area (Å²) in [6.45, 7) is 12.6. The number of aliphatic hydroxyl groups is 1. The van der Waals surface area contributed by atoms with Crippen LogP contribution in [0.2, 0.25) is 0 Å². The van der Waals surface area contributed by atoms with E-state index < -0.39 is 17.5 Å². The number of benzene rings is 1. The molecule has 5 heteroatoms. The van der Waals surface area contributed by atoms with Crippen LogP contribution in [-0.4, -0.2) is 34.8 Å². The highest BCUT2D eigenvalue weighted by molar-refractivity contribution is 5.47. The van der Waals surface area contributed by atoms with Gasteiger partial charge in [-0.05, 0) is 70.7 Å². The van der Waals surface area contributed by atoms with E-state index in [1.54, 1.807) is 19.2 Å². The van der Waals surface area contributed by atoms with Gasteiger partial charge in [-0.1, -0.05) is 31.9 Å². The van der Waals surface area contributed by atoms with Crippen molar-refractivity contribution in [3.8, 4) is 11.5 Å². The van der Waals surface area contributed by atoms with Gasteiger partial charge in [0.05, 0.1) is 18.8 Å². The van der Waals surface area contributed by atoms with Crippen molar-refractivity contribution in [2.45, 2.75) is 97.6 Å². The molecule has 2 fully saturated rings. The summed E-state index contributed by atoms with van der Waals surface area (Å²) < 4.78 is 18.9. The van der Waals surface area contributed by atoms with E-state index in [0.29, 0.717) is 19.3 Å². The van der Waals surface area contributed by atoms with Crippen LogP contribution in [0.1, 0.15) is 77.8 Å². The number of rotatable bonds is 5. The lowest BCUT2D eigenvalue weighted by Gasteiger charge is -2.54. The topological polar surface area (TPSA) is 68.2 Å². The number of phenols is 1. The van der Waals surface area contributed by atoms with Crippen LogP contribution in [0.25, 0.3) is 0 Å². The molecule has 0 amide bonds. The molecular weight excluding hydrogens is 416 g/mol. The smallest absolute Gasteiger partial charge is 0.219 e. The predicted molar refractivity (Wildman–Crippen MR) is 129 cm³/mol. The molecule has 2 N–H and O–H groups in total. The number of methoxy groups -OCH3 is 1. The quantitative estimate of drug-likeness (QED) is 0.536. The van der Waals surface area contributed by atoms with E-state index in [4.69, 9.17) is 14.2 Å². The van der Waals surface area contributed by atoms with Gasteiger partial charge in [0, 0.05) is 29.2 Å². The van der Waals surface area contributed by atoms with Gasteiger partial charge in [0.1, 0.15) is 17.3 Å². The molecule has 2 aliphatic heterocycles. The van der Waals surface area contributed by atoms with E-state index in [-0.39, 0.29) is 16.6 Å². The van der Waals surface area contributed by atoms with Crippen molar-refractivity contribution in [2.75, 3.05) is 7.11 Å². The predicted octanol–water partition coefficient (Wildman–Crippen LogP) is 5.95. The summed E-state index contributed by atoms with van der Waals surface area (Å²) >= 11 is 0. The fourth-order valence-corrected chi connectivity index (χ4v) is 6.36. The SMILES string of the molecule is COc1c(C)cc(O)cc1CC=C(C)CC1=CC2(C)CCCC2(C)C2(CC(O)C(C)(C)O2)O1. The Kier molecular flexibility index (Phi) is 5.90. The monoisotopic (exact) mass is 456 g/mol. The third kappa shape index (κ3) is 3.87. The van der Waals surface area contributed by atoms with Crippen LogP contribution in [0.5, 0.6) is 11.5 Å². The van der Waals surface area contributed by atoms with Gasteiger partial charge in [0.15, 0.2) is 0 Å². The largest absolute Gasteiger partial charge is 0.508 e. The number of aromatic hydroxyl groups is 1. The molecular formula is C28H40O5. The van der Waals surface area contributed by atoms with E-state index in [2.05, 4.69) is 32.9 Å². The van der Waals surface area contributed by atoms with Crippen LogP contribution in [-0.2, 0) is 15.9 Å². The van der Waals surface area contributed by atoms with Crippen molar-refractivity contribution in [3.05, 3.63) is 46.7 Å². The molecule has 33 heavy (non-hydrogen) atoms. The molecule has 4 rings (SSSR count). The van der Waals surface area contributed by atoms with Crippen LogP contribution in [0, 0.1) is 17.8 Å². The molecule has 182 valence electrons. The number of ether oxygens (including phenoxy) is 3. The molecule has 1 spiro atoms. The molecule has 0 radical (unpaired) electrons. The Morgan fingerprint density at radius 2 is 1.94 bits per heavy atom. The van der Waals surface area contributed by atoms with Gasteiger partial charge in [-0.25, -0.2) is 0 Å². The van der Waals surface area contributed by atoms with Gasteiger partial charge in [-0.15, -0.1) is 0 Å². The first-order valence-corrected chi connectivity index (χ1v) is 12.2. The minimum atomic E-state index is -0.808. The maximum absolute atomic E-state index is 10.8. The lowest BCUT2D eigenvalue weighted by atomic mass is 9.60. The first-order valence-electron chi connectivity index (χ1n) is 12.2. The fourth-order valence-electron chi connectivity index (χ4n) is 6.36. The Morgan fingerprint density at radius 1 is 1.21 bits per heavy atom. The fraction of sp³-hybridized carbons (Fsp3) is 0.643. The van der Waals surface area contributed by atoms with Crippen molar-refractivity contribution in [2.24, 2.45) is 10.8 Å². The van der Waals surface area contributed by atoms with Crippen LogP contribution >= 0.6 is 0 Å². The lowest BCUT2D eigenvalue weighted by molar-refractivity contribution is -0.309. The summed E-state index contributed by atoms with van der Waals surface area (Å²) in [6, 6.07) is 3.48. The van der Waals surface area contributed by atoms with Crippen molar-refractivity contribution >= 4 is 0 Å². The number of aliphatic hydroxyl groups excluding tert-OH is 1. The number of hydrogen-bond acceptors (Lipinski definition) is 5. The molecule has 0 aromatic heterocycles. The second-order valence-corrected chi connectivity index (χ2v) is 11.4.